The van der Waals surface area contributed by atoms with E-state index in [1.165, 1.54) is 0 Å². The lowest BCUT2D eigenvalue weighted by atomic mass is 9.90. The maximum absolute atomic E-state index is 14.3. The molecule has 2 aromatic rings. The highest BCUT2D eigenvalue weighted by molar-refractivity contribution is 6.05. The van der Waals surface area contributed by atoms with E-state index in [2.05, 4.69) is 0 Å². The van der Waals surface area contributed by atoms with Crippen LogP contribution < -0.4 is 5.32 Å². The van der Waals surface area contributed by atoms with Crippen LogP contribution in [0.4, 0.5) is 55.3 Å². The van der Waals surface area contributed by atoms with Gasteiger partial charge in [-0.1, -0.05) is 12.1 Å². The van der Waals surface area contributed by atoms with Crippen LogP contribution in [0.15, 0.2) is 36.4 Å². The maximum atomic E-state index is 14.3. The molecule has 1 N–H and O–H groups in total. The summed E-state index contributed by atoms with van der Waals surface area (Å²) >= 11 is 0. The lowest BCUT2D eigenvalue weighted by Gasteiger charge is -2.31. The number of hydrogen-bond acceptors (Lipinski definition) is 3. The zero-order chi connectivity index (χ0) is 25.6. The summed E-state index contributed by atoms with van der Waals surface area (Å²) in [7, 11) is 0. The fourth-order valence-corrected chi connectivity index (χ4v) is 2.81. The lowest BCUT2D eigenvalue weighted by molar-refractivity contribution is -0.384. The van der Waals surface area contributed by atoms with Gasteiger partial charge in [0.05, 0.1) is 16.2 Å². The van der Waals surface area contributed by atoms with Gasteiger partial charge in [0.2, 0.25) is 0 Å². The van der Waals surface area contributed by atoms with Crippen LogP contribution >= 0.6 is 0 Å². The third kappa shape index (κ3) is 4.85. The standard InChI is InChI=1S/C18H10F10N2O3/c1-8-5-10(15(19,17(23,24)25)18(26,27)28)7-12(16(20,21)22)13(8)29-14(31)9-3-2-4-11(6-9)30(32)33/h2-7H,1H3,(H,29,31). The molecule has 0 aromatic heterocycles. The largest absolute Gasteiger partial charge is 0.435 e. The van der Waals surface area contributed by atoms with E-state index in [9.17, 15) is 58.8 Å². The van der Waals surface area contributed by atoms with Crippen LogP contribution in [0.2, 0.25) is 0 Å². The van der Waals surface area contributed by atoms with Gasteiger partial charge >= 0.3 is 24.2 Å². The average Bonchev–Trinajstić information content (AvgIpc) is 2.65. The molecule has 2 aromatic carbocycles. The molecule has 0 aliphatic rings. The second kappa shape index (κ2) is 8.19. The van der Waals surface area contributed by atoms with Gasteiger partial charge in [-0.2, -0.15) is 39.5 Å². The molecule has 2 rings (SSSR count). The van der Waals surface area contributed by atoms with Gasteiger partial charge in [0.25, 0.3) is 11.6 Å². The SMILES string of the molecule is Cc1cc(C(F)(C(F)(F)F)C(F)(F)F)cc(C(F)(F)F)c1NC(=O)c1cccc([N+](=O)[O-])c1. The molecular weight excluding hydrogens is 482 g/mol. The van der Waals surface area contributed by atoms with Crippen LogP contribution in [0, 0.1) is 17.0 Å². The smallest absolute Gasteiger partial charge is 0.321 e. The summed E-state index contributed by atoms with van der Waals surface area (Å²) in [6.07, 6.45) is -18.9. The van der Waals surface area contributed by atoms with Crippen LogP contribution in [0.3, 0.4) is 0 Å². The summed E-state index contributed by atoms with van der Waals surface area (Å²) in [6, 6.07) is 2.77. The van der Waals surface area contributed by atoms with Gasteiger partial charge in [-0.3, -0.25) is 14.9 Å². The number of alkyl halides is 10. The molecule has 0 aliphatic heterocycles. The normalized spacial score (nSPS) is 13.1. The van der Waals surface area contributed by atoms with E-state index in [4.69, 9.17) is 0 Å². The van der Waals surface area contributed by atoms with Gasteiger partial charge in [0.1, 0.15) is 0 Å². The van der Waals surface area contributed by atoms with Crippen LogP contribution in [0.1, 0.15) is 27.0 Å². The van der Waals surface area contributed by atoms with Crippen molar-refractivity contribution in [3.05, 3.63) is 68.8 Å². The minimum atomic E-state index is -6.66. The molecule has 0 saturated carbocycles. The Morgan fingerprint density at radius 1 is 0.909 bits per heavy atom. The van der Waals surface area contributed by atoms with E-state index in [-0.39, 0.29) is 6.07 Å². The fourth-order valence-electron chi connectivity index (χ4n) is 2.81. The quantitative estimate of drug-likeness (QED) is 0.302. The van der Waals surface area contributed by atoms with Crippen molar-refractivity contribution < 1.29 is 53.6 Å². The van der Waals surface area contributed by atoms with Crippen LogP contribution in [0.25, 0.3) is 0 Å². The number of nitrogens with one attached hydrogen (secondary N) is 1. The first-order chi connectivity index (χ1) is 14.8. The number of carbonyl (C=O) groups excluding carboxylic acids is 1. The Hall–Kier alpha value is -3.39. The number of non-ortho nitro benzene ring substituents is 1. The van der Waals surface area contributed by atoms with Crippen molar-refractivity contribution in [2.24, 2.45) is 0 Å². The van der Waals surface area contributed by atoms with Crippen molar-refractivity contribution in [3.63, 3.8) is 0 Å². The molecule has 0 saturated heterocycles. The average molecular weight is 492 g/mol. The molecule has 180 valence electrons. The van der Waals surface area contributed by atoms with E-state index < -0.39 is 74.7 Å². The molecule has 33 heavy (non-hydrogen) atoms. The molecule has 0 radical (unpaired) electrons. The number of nitrogens with zero attached hydrogens (tertiary/aromatic N) is 1. The van der Waals surface area contributed by atoms with E-state index >= 15 is 0 Å². The summed E-state index contributed by atoms with van der Waals surface area (Å²) < 4.78 is 133. The molecule has 1 amide bonds. The number of rotatable bonds is 4. The van der Waals surface area contributed by atoms with Crippen molar-refractivity contribution in [1.82, 2.24) is 0 Å². The first-order valence-electron chi connectivity index (χ1n) is 8.41. The Morgan fingerprint density at radius 3 is 1.91 bits per heavy atom. The van der Waals surface area contributed by atoms with E-state index in [1.807, 2.05) is 0 Å². The van der Waals surface area contributed by atoms with Gasteiger partial charge < -0.3 is 5.32 Å². The topological polar surface area (TPSA) is 72.2 Å². The molecule has 0 aliphatic carbocycles. The lowest BCUT2D eigenvalue weighted by Crippen LogP contribution is -2.50. The molecule has 0 fully saturated rings. The number of aryl methyl sites for hydroxylation is 1. The van der Waals surface area contributed by atoms with Gasteiger partial charge in [-0.25, -0.2) is 4.39 Å². The van der Waals surface area contributed by atoms with E-state index in [0.717, 1.165) is 18.2 Å². The maximum Gasteiger partial charge on any atom is 0.435 e. The Kier molecular flexibility index (Phi) is 6.42. The minimum absolute atomic E-state index is 0.126. The molecule has 0 unspecified atom stereocenters. The number of amides is 1. The minimum Gasteiger partial charge on any atom is -0.321 e. The number of benzene rings is 2. The Morgan fingerprint density at radius 2 is 1.45 bits per heavy atom. The van der Waals surface area contributed by atoms with E-state index in [0.29, 0.717) is 13.0 Å². The zero-order valence-electron chi connectivity index (χ0n) is 15.9. The van der Waals surface area contributed by atoms with Crippen molar-refractivity contribution in [2.45, 2.75) is 31.1 Å². The second-order valence-corrected chi connectivity index (χ2v) is 6.63. The van der Waals surface area contributed by atoms with Gasteiger partial charge in [0, 0.05) is 23.3 Å². The molecule has 0 atom stereocenters. The molecule has 5 nitrogen and oxygen atoms in total. The van der Waals surface area contributed by atoms with Crippen molar-refractivity contribution in [2.75, 3.05) is 5.32 Å². The third-order valence-electron chi connectivity index (χ3n) is 4.38. The van der Waals surface area contributed by atoms with Gasteiger partial charge in [-0.05, 0) is 24.6 Å². The zero-order valence-corrected chi connectivity index (χ0v) is 15.9. The highest BCUT2D eigenvalue weighted by Gasteiger charge is 2.73. The first-order valence-corrected chi connectivity index (χ1v) is 8.41. The van der Waals surface area contributed by atoms with Crippen molar-refractivity contribution in [1.29, 1.82) is 0 Å². The monoisotopic (exact) mass is 492 g/mol. The number of halogens is 10. The molecule has 0 spiro atoms. The second-order valence-electron chi connectivity index (χ2n) is 6.63. The van der Waals surface area contributed by atoms with Gasteiger partial charge in [-0.15, -0.1) is 0 Å². The number of nitro benzene ring substituents is 1. The fraction of sp³-hybridized carbons (Fsp3) is 0.278. The van der Waals surface area contributed by atoms with Crippen LogP contribution in [-0.2, 0) is 11.8 Å². The Bertz CT molecular complexity index is 1080. The summed E-state index contributed by atoms with van der Waals surface area (Å²) in [5, 5.41) is 12.4. The molecule has 15 heteroatoms. The predicted molar refractivity (Wildman–Crippen MR) is 92.1 cm³/mol. The highest BCUT2D eigenvalue weighted by Crippen LogP contribution is 2.54. The number of carbonyl (C=O) groups is 1. The van der Waals surface area contributed by atoms with Gasteiger partial charge in [0.15, 0.2) is 0 Å². The van der Waals surface area contributed by atoms with Crippen molar-refractivity contribution >= 4 is 17.3 Å². The summed E-state index contributed by atoms with van der Waals surface area (Å²) in [6.45, 7) is 0.620. The molecule has 0 bridgehead atoms. The summed E-state index contributed by atoms with van der Waals surface area (Å²) in [5.74, 6) is -1.39. The number of hydrogen-bond donors (Lipinski definition) is 1. The predicted octanol–water partition coefficient (Wildman–Crippen LogP) is 6.46. The first kappa shape index (κ1) is 25.9. The third-order valence-corrected chi connectivity index (χ3v) is 4.38. The highest BCUT2D eigenvalue weighted by atomic mass is 19.4. The Labute approximate surface area is 177 Å². The number of nitro groups is 1. The molecular formula is C18H10F10N2O3. The van der Waals surface area contributed by atoms with E-state index in [1.54, 1.807) is 5.32 Å². The summed E-state index contributed by atoms with van der Waals surface area (Å²) in [4.78, 5) is 22.1. The van der Waals surface area contributed by atoms with Crippen LogP contribution in [0.5, 0.6) is 0 Å². The molecule has 0 heterocycles. The Balaban J connectivity index is 2.68. The summed E-state index contributed by atoms with van der Waals surface area (Å²) in [5.41, 5.74) is -14.1. The number of anilines is 1. The van der Waals surface area contributed by atoms with Crippen LogP contribution in [-0.4, -0.2) is 23.2 Å². The van der Waals surface area contributed by atoms with Crippen molar-refractivity contribution in [3.8, 4) is 0 Å².